The van der Waals surface area contributed by atoms with Crippen molar-refractivity contribution >= 4 is 12.0 Å². The van der Waals surface area contributed by atoms with Gasteiger partial charge in [-0.15, -0.1) is 0 Å². The molecule has 0 unspecified atom stereocenters. The summed E-state index contributed by atoms with van der Waals surface area (Å²) in [5.74, 6) is -0.348. The second-order valence-corrected chi connectivity index (χ2v) is 5.44. The largest absolute Gasteiger partial charge is 0.480 e. The predicted octanol–water partition coefficient (Wildman–Crippen LogP) is 0.833. The summed E-state index contributed by atoms with van der Waals surface area (Å²) >= 11 is 0. The molecule has 0 aliphatic carbocycles. The summed E-state index contributed by atoms with van der Waals surface area (Å²) < 4.78 is 0. The molecule has 0 aromatic rings. The second kappa shape index (κ2) is 7.33. The van der Waals surface area contributed by atoms with Crippen LogP contribution in [0.5, 0.6) is 0 Å². The number of nitrogens with zero attached hydrogens (tertiary/aromatic N) is 2. The number of nitrogens with one attached hydrogen (secondary N) is 1. The zero-order chi connectivity index (χ0) is 14.4. The van der Waals surface area contributed by atoms with Crippen LogP contribution in [0.1, 0.15) is 26.2 Å². The quantitative estimate of drug-likeness (QED) is 0.777. The van der Waals surface area contributed by atoms with Crippen molar-refractivity contribution in [3.8, 4) is 0 Å². The lowest BCUT2D eigenvalue weighted by molar-refractivity contribution is -0.139. The fourth-order valence-corrected chi connectivity index (χ4v) is 2.41. The summed E-state index contributed by atoms with van der Waals surface area (Å²) in [6.07, 6.45) is 2.36. The maximum Gasteiger partial charge on any atom is 0.326 e. The van der Waals surface area contributed by atoms with E-state index in [0.717, 1.165) is 19.4 Å². The van der Waals surface area contributed by atoms with Gasteiger partial charge in [0.15, 0.2) is 0 Å². The van der Waals surface area contributed by atoms with E-state index in [4.69, 9.17) is 5.11 Å². The summed E-state index contributed by atoms with van der Waals surface area (Å²) in [6, 6.07) is -1.04. The first kappa shape index (κ1) is 15.8. The van der Waals surface area contributed by atoms with Crippen molar-refractivity contribution in [3.05, 3.63) is 0 Å². The zero-order valence-electron chi connectivity index (χ0n) is 12.1. The molecule has 0 aromatic carbocycles. The molecule has 2 N–H and O–H groups in total. The zero-order valence-corrected chi connectivity index (χ0v) is 12.1. The van der Waals surface area contributed by atoms with Gasteiger partial charge in [-0.1, -0.05) is 6.92 Å². The van der Waals surface area contributed by atoms with Gasteiger partial charge in [0.25, 0.3) is 0 Å². The molecule has 2 amide bonds. The lowest BCUT2D eigenvalue weighted by atomic mass is 9.96. The maximum atomic E-state index is 11.9. The summed E-state index contributed by atoms with van der Waals surface area (Å²) in [7, 11) is 4.11. The van der Waals surface area contributed by atoms with E-state index < -0.39 is 12.0 Å². The monoisotopic (exact) mass is 271 g/mol. The molecule has 1 heterocycles. The number of aliphatic carboxylic acids is 1. The summed E-state index contributed by atoms with van der Waals surface area (Å²) in [4.78, 5) is 26.7. The van der Waals surface area contributed by atoms with Gasteiger partial charge in [-0.25, -0.2) is 9.59 Å². The Balaban J connectivity index is 2.38. The Morgan fingerprint density at radius 1 is 1.37 bits per heavy atom. The number of amides is 2. The molecule has 1 atom stereocenters. The molecule has 1 aliphatic rings. The molecule has 1 saturated heterocycles. The van der Waals surface area contributed by atoms with Crippen LogP contribution in [-0.4, -0.2) is 66.7 Å². The van der Waals surface area contributed by atoms with Gasteiger partial charge >= 0.3 is 12.0 Å². The minimum absolute atomic E-state index is 0.252. The number of carboxylic acid groups (broad SMARTS) is 1. The molecule has 0 spiro atoms. The smallest absolute Gasteiger partial charge is 0.326 e. The van der Waals surface area contributed by atoms with E-state index in [9.17, 15) is 9.59 Å². The fourth-order valence-electron chi connectivity index (χ4n) is 2.41. The van der Waals surface area contributed by atoms with Crippen molar-refractivity contribution in [2.75, 3.05) is 33.7 Å². The Bertz CT molecular complexity index is 312. The highest BCUT2D eigenvalue weighted by molar-refractivity contribution is 5.82. The van der Waals surface area contributed by atoms with Gasteiger partial charge < -0.3 is 20.2 Å². The van der Waals surface area contributed by atoms with E-state index in [-0.39, 0.29) is 6.03 Å². The predicted molar refractivity (Wildman–Crippen MR) is 73.1 cm³/mol. The fraction of sp³-hybridized carbons (Fsp3) is 0.846. The van der Waals surface area contributed by atoms with Crippen molar-refractivity contribution < 1.29 is 14.7 Å². The van der Waals surface area contributed by atoms with Gasteiger partial charge in [0.1, 0.15) is 6.04 Å². The summed E-state index contributed by atoms with van der Waals surface area (Å²) in [5, 5.41) is 11.5. The normalized spacial score (nSPS) is 18.4. The van der Waals surface area contributed by atoms with E-state index in [1.54, 1.807) is 11.8 Å². The lowest BCUT2D eigenvalue weighted by Crippen LogP contribution is -2.50. The van der Waals surface area contributed by atoms with Gasteiger partial charge in [-0.05, 0) is 39.3 Å². The van der Waals surface area contributed by atoms with Crippen LogP contribution in [0.4, 0.5) is 4.79 Å². The molecule has 110 valence electrons. The minimum atomic E-state index is -0.974. The van der Waals surface area contributed by atoms with Crippen LogP contribution in [0.3, 0.4) is 0 Å². The van der Waals surface area contributed by atoms with Crippen LogP contribution >= 0.6 is 0 Å². The molecule has 0 bridgehead atoms. The molecule has 0 saturated carbocycles. The van der Waals surface area contributed by atoms with E-state index >= 15 is 0 Å². The molecule has 1 rings (SSSR count). The molecule has 6 heteroatoms. The van der Waals surface area contributed by atoms with Crippen molar-refractivity contribution in [3.63, 3.8) is 0 Å². The SMILES string of the molecule is CC[C@H](NC(=O)N1CCC(CN(C)C)CC1)C(=O)O. The molecule has 0 aromatic heterocycles. The Hall–Kier alpha value is -1.30. The maximum absolute atomic E-state index is 11.9. The Morgan fingerprint density at radius 3 is 2.37 bits per heavy atom. The number of likely N-dealkylation sites (tertiary alicyclic amines) is 1. The van der Waals surface area contributed by atoms with Crippen LogP contribution in [0.15, 0.2) is 0 Å². The molecule has 19 heavy (non-hydrogen) atoms. The molecular weight excluding hydrogens is 246 g/mol. The number of hydrogen-bond donors (Lipinski definition) is 2. The Morgan fingerprint density at radius 2 is 1.95 bits per heavy atom. The highest BCUT2D eigenvalue weighted by atomic mass is 16.4. The highest BCUT2D eigenvalue weighted by Crippen LogP contribution is 2.17. The van der Waals surface area contributed by atoms with Crippen molar-refractivity contribution in [2.45, 2.75) is 32.2 Å². The van der Waals surface area contributed by atoms with Gasteiger partial charge in [-0.3, -0.25) is 0 Å². The molecular formula is C13H25N3O3. The standard InChI is InChI=1S/C13H25N3O3/c1-4-11(12(17)18)14-13(19)16-7-5-10(6-8-16)9-15(2)3/h10-11H,4-9H2,1-3H3,(H,14,19)(H,17,18)/t11-/m0/s1. The lowest BCUT2D eigenvalue weighted by Gasteiger charge is -2.33. The molecule has 6 nitrogen and oxygen atoms in total. The van der Waals surface area contributed by atoms with Crippen molar-refractivity contribution in [1.29, 1.82) is 0 Å². The third-order valence-electron chi connectivity index (χ3n) is 3.53. The number of piperidine rings is 1. The third-order valence-corrected chi connectivity index (χ3v) is 3.53. The molecule has 1 fully saturated rings. The Kier molecular flexibility index (Phi) is 6.08. The highest BCUT2D eigenvalue weighted by Gasteiger charge is 2.25. The first-order valence-electron chi connectivity index (χ1n) is 6.87. The summed E-state index contributed by atoms with van der Waals surface area (Å²) in [6.45, 7) is 4.21. The van der Waals surface area contributed by atoms with Crippen LogP contribution in [-0.2, 0) is 4.79 Å². The number of carbonyl (C=O) groups excluding carboxylic acids is 1. The Labute approximate surface area is 114 Å². The van der Waals surface area contributed by atoms with Gasteiger partial charge in [0.05, 0.1) is 0 Å². The van der Waals surface area contributed by atoms with E-state index in [1.165, 1.54) is 0 Å². The molecule has 0 radical (unpaired) electrons. The van der Waals surface area contributed by atoms with Crippen LogP contribution in [0.25, 0.3) is 0 Å². The number of carboxylic acids is 1. The summed E-state index contributed by atoms with van der Waals surface area (Å²) in [5.41, 5.74) is 0. The van der Waals surface area contributed by atoms with E-state index in [2.05, 4.69) is 24.3 Å². The molecule has 1 aliphatic heterocycles. The minimum Gasteiger partial charge on any atom is -0.480 e. The van der Waals surface area contributed by atoms with Gasteiger partial charge in [0, 0.05) is 19.6 Å². The average Bonchev–Trinajstić information content (AvgIpc) is 2.35. The van der Waals surface area contributed by atoms with Crippen LogP contribution < -0.4 is 5.32 Å². The van der Waals surface area contributed by atoms with Crippen molar-refractivity contribution in [2.24, 2.45) is 5.92 Å². The topological polar surface area (TPSA) is 72.9 Å². The van der Waals surface area contributed by atoms with Crippen LogP contribution in [0, 0.1) is 5.92 Å². The number of hydrogen-bond acceptors (Lipinski definition) is 3. The van der Waals surface area contributed by atoms with Crippen LogP contribution in [0.2, 0.25) is 0 Å². The third kappa shape index (κ3) is 5.06. The number of urea groups is 1. The van der Waals surface area contributed by atoms with Gasteiger partial charge in [0.2, 0.25) is 0 Å². The number of carbonyl (C=O) groups is 2. The first-order chi connectivity index (χ1) is 8.93. The van der Waals surface area contributed by atoms with Gasteiger partial charge in [-0.2, -0.15) is 0 Å². The van der Waals surface area contributed by atoms with Crippen molar-refractivity contribution in [1.82, 2.24) is 15.1 Å². The number of rotatable bonds is 5. The first-order valence-corrected chi connectivity index (χ1v) is 6.87. The van der Waals surface area contributed by atoms with E-state index in [1.807, 2.05) is 0 Å². The average molecular weight is 271 g/mol. The van der Waals surface area contributed by atoms with E-state index in [0.29, 0.717) is 25.4 Å². The second-order valence-electron chi connectivity index (χ2n) is 5.44.